The Morgan fingerprint density at radius 1 is 1.08 bits per heavy atom. The SMILES string of the molecule is CC(=Cc1ccc(N(C)C)cc1)C12OCCN1c1ccccc1C2(C)C. The molecule has 0 spiro atoms. The number of para-hydroxylation sites is 1. The van der Waals surface area contributed by atoms with E-state index in [4.69, 9.17) is 4.74 Å². The smallest absolute Gasteiger partial charge is 0.172 e. The second-order valence-corrected chi connectivity index (χ2v) is 8.10. The molecule has 2 heterocycles. The van der Waals surface area contributed by atoms with Gasteiger partial charge in [0.1, 0.15) is 0 Å². The molecule has 1 saturated heterocycles. The number of anilines is 2. The molecule has 26 heavy (non-hydrogen) atoms. The number of fused-ring (bicyclic) bond motifs is 3. The Bertz CT molecular complexity index is 851. The van der Waals surface area contributed by atoms with E-state index in [0.29, 0.717) is 0 Å². The molecular weight excluding hydrogens is 320 g/mol. The zero-order valence-electron chi connectivity index (χ0n) is 16.4. The summed E-state index contributed by atoms with van der Waals surface area (Å²) in [5.74, 6) is 0. The standard InChI is InChI=1S/C23H28N2O/c1-17(16-18-10-12-19(13-11-18)24(4)5)23-22(2,3)20-8-6-7-9-21(20)25(23)14-15-26-23/h6-13,16H,14-15H2,1-5H3. The summed E-state index contributed by atoms with van der Waals surface area (Å²) >= 11 is 0. The lowest BCUT2D eigenvalue weighted by Gasteiger charge is -2.43. The second-order valence-electron chi connectivity index (χ2n) is 8.10. The molecule has 4 rings (SSSR count). The average molecular weight is 348 g/mol. The van der Waals surface area contributed by atoms with Crippen LogP contribution in [0.5, 0.6) is 0 Å². The van der Waals surface area contributed by atoms with Crippen molar-refractivity contribution in [3.63, 3.8) is 0 Å². The van der Waals surface area contributed by atoms with Crippen LogP contribution < -0.4 is 9.80 Å². The summed E-state index contributed by atoms with van der Waals surface area (Å²) in [4.78, 5) is 4.58. The maximum atomic E-state index is 6.51. The summed E-state index contributed by atoms with van der Waals surface area (Å²) in [6.45, 7) is 8.53. The summed E-state index contributed by atoms with van der Waals surface area (Å²) in [7, 11) is 4.13. The van der Waals surface area contributed by atoms with Crippen molar-refractivity contribution in [2.45, 2.75) is 31.9 Å². The van der Waals surface area contributed by atoms with Gasteiger partial charge in [-0.3, -0.25) is 0 Å². The predicted molar refractivity (Wildman–Crippen MR) is 110 cm³/mol. The Balaban J connectivity index is 1.78. The minimum Gasteiger partial charge on any atom is -0.378 e. The van der Waals surface area contributed by atoms with Crippen molar-refractivity contribution in [3.8, 4) is 0 Å². The van der Waals surface area contributed by atoms with Crippen LogP contribution in [0.2, 0.25) is 0 Å². The first-order valence-electron chi connectivity index (χ1n) is 9.35. The molecule has 2 aliphatic heterocycles. The van der Waals surface area contributed by atoms with Gasteiger partial charge in [-0.2, -0.15) is 0 Å². The molecule has 0 amide bonds. The maximum absolute atomic E-state index is 6.51. The zero-order valence-corrected chi connectivity index (χ0v) is 16.4. The van der Waals surface area contributed by atoms with Crippen LogP contribution in [0, 0.1) is 0 Å². The molecule has 136 valence electrons. The highest BCUT2D eigenvalue weighted by molar-refractivity contribution is 5.72. The van der Waals surface area contributed by atoms with Gasteiger partial charge in [0.15, 0.2) is 5.72 Å². The molecule has 0 aliphatic carbocycles. The van der Waals surface area contributed by atoms with Gasteiger partial charge in [-0.15, -0.1) is 0 Å². The van der Waals surface area contributed by atoms with Gasteiger partial charge in [-0.05, 0) is 41.8 Å². The third-order valence-electron chi connectivity index (χ3n) is 6.05. The predicted octanol–water partition coefficient (Wildman–Crippen LogP) is 4.68. The van der Waals surface area contributed by atoms with Crippen molar-refractivity contribution in [2.24, 2.45) is 0 Å². The maximum Gasteiger partial charge on any atom is 0.172 e. The summed E-state index contributed by atoms with van der Waals surface area (Å²) in [6.07, 6.45) is 2.28. The van der Waals surface area contributed by atoms with Gasteiger partial charge in [-0.25, -0.2) is 0 Å². The molecule has 2 aliphatic rings. The number of ether oxygens (including phenoxy) is 1. The molecule has 1 atom stereocenters. The molecule has 1 unspecified atom stereocenters. The van der Waals surface area contributed by atoms with Crippen molar-refractivity contribution in [3.05, 3.63) is 65.2 Å². The second kappa shape index (κ2) is 5.88. The zero-order chi connectivity index (χ0) is 18.5. The minimum atomic E-state index is -0.406. The Kier molecular flexibility index (Phi) is 3.89. The van der Waals surface area contributed by atoms with Gasteiger partial charge in [0.25, 0.3) is 0 Å². The van der Waals surface area contributed by atoms with Gasteiger partial charge < -0.3 is 14.5 Å². The van der Waals surface area contributed by atoms with Crippen LogP contribution in [0.15, 0.2) is 54.1 Å². The Morgan fingerprint density at radius 2 is 1.77 bits per heavy atom. The molecule has 2 aromatic carbocycles. The molecule has 3 nitrogen and oxygen atoms in total. The van der Waals surface area contributed by atoms with Crippen LogP contribution in [0.3, 0.4) is 0 Å². The van der Waals surface area contributed by atoms with Gasteiger partial charge in [0, 0.05) is 37.4 Å². The van der Waals surface area contributed by atoms with Crippen molar-refractivity contribution in [1.82, 2.24) is 0 Å². The van der Waals surface area contributed by atoms with Gasteiger partial charge >= 0.3 is 0 Å². The van der Waals surface area contributed by atoms with E-state index in [0.717, 1.165) is 13.2 Å². The number of benzene rings is 2. The molecule has 1 fully saturated rings. The van der Waals surface area contributed by atoms with Crippen LogP contribution >= 0.6 is 0 Å². The Morgan fingerprint density at radius 3 is 2.46 bits per heavy atom. The highest BCUT2D eigenvalue weighted by Crippen LogP contribution is 2.57. The largest absolute Gasteiger partial charge is 0.378 e. The summed E-state index contributed by atoms with van der Waals surface area (Å²) in [6, 6.07) is 17.4. The van der Waals surface area contributed by atoms with Crippen molar-refractivity contribution in [2.75, 3.05) is 37.0 Å². The van der Waals surface area contributed by atoms with Crippen molar-refractivity contribution in [1.29, 1.82) is 0 Å². The van der Waals surface area contributed by atoms with E-state index in [-0.39, 0.29) is 5.41 Å². The van der Waals surface area contributed by atoms with E-state index in [1.807, 2.05) is 0 Å². The van der Waals surface area contributed by atoms with Crippen molar-refractivity contribution >= 4 is 17.5 Å². The lowest BCUT2D eigenvalue weighted by atomic mass is 9.74. The van der Waals surface area contributed by atoms with E-state index in [1.165, 1.54) is 28.1 Å². The first-order chi connectivity index (χ1) is 12.4. The number of hydrogen-bond acceptors (Lipinski definition) is 3. The molecule has 0 aromatic heterocycles. The van der Waals surface area contributed by atoms with Crippen LogP contribution in [0.4, 0.5) is 11.4 Å². The molecule has 0 N–H and O–H groups in total. The quantitative estimate of drug-likeness (QED) is 0.801. The first-order valence-corrected chi connectivity index (χ1v) is 9.35. The summed E-state index contributed by atoms with van der Waals surface area (Å²) in [5.41, 5.74) is 5.85. The van der Waals surface area contributed by atoms with Crippen LogP contribution in [0.1, 0.15) is 31.9 Å². The van der Waals surface area contributed by atoms with Crippen molar-refractivity contribution < 1.29 is 4.74 Å². The van der Waals surface area contributed by atoms with E-state index >= 15 is 0 Å². The minimum absolute atomic E-state index is 0.107. The summed E-state index contributed by atoms with van der Waals surface area (Å²) < 4.78 is 6.51. The van der Waals surface area contributed by atoms with E-state index < -0.39 is 5.72 Å². The molecule has 0 radical (unpaired) electrons. The summed E-state index contributed by atoms with van der Waals surface area (Å²) in [5, 5.41) is 0. The fourth-order valence-corrected chi connectivity index (χ4v) is 4.78. The lowest BCUT2D eigenvalue weighted by molar-refractivity contribution is -0.00915. The number of rotatable bonds is 3. The third-order valence-corrected chi connectivity index (χ3v) is 6.05. The van der Waals surface area contributed by atoms with Crippen LogP contribution in [-0.4, -0.2) is 33.0 Å². The molecule has 2 aromatic rings. The van der Waals surface area contributed by atoms with Crippen LogP contribution in [0.25, 0.3) is 6.08 Å². The highest BCUT2D eigenvalue weighted by Gasteiger charge is 2.61. The van der Waals surface area contributed by atoms with E-state index in [9.17, 15) is 0 Å². The van der Waals surface area contributed by atoms with Gasteiger partial charge in [0.2, 0.25) is 0 Å². The average Bonchev–Trinajstić information content (AvgIpc) is 3.15. The van der Waals surface area contributed by atoms with E-state index in [1.54, 1.807) is 0 Å². The Labute approximate surface area is 156 Å². The molecule has 0 saturated carbocycles. The highest BCUT2D eigenvalue weighted by atomic mass is 16.5. The molecular formula is C23H28N2O. The molecule has 0 bridgehead atoms. The van der Waals surface area contributed by atoms with Gasteiger partial charge in [0.05, 0.1) is 6.61 Å². The van der Waals surface area contributed by atoms with E-state index in [2.05, 4.69) is 99.3 Å². The van der Waals surface area contributed by atoms with Crippen LogP contribution in [-0.2, 0) is 10.2 Å². The topological polar surface area (TPSA) is 15.7 Å². The van der Waals surface area contributed by atoms with Gasteiger partial charge in [-0.1, -0.05) is 50.3 Å². The molecule has 3 heteroatoms. The first kappa shape index (κ1) is 17.2. The lowest BCUT2D eigenvalue weighted by Crippen LogP contribution is -2.54. The number of nitrogens with zero attached hydrogens (tertiary/aromatic N) is 2. The number of hydrogen-bond donors (Lipinski definition) is 0. The third kappa shape index (κ3) is 2.23. The fraction of sp³-hybridized carbons (Fsp3) is 0.391. The normalized spacial score (nSPS) is 23.7. The fourth-order valence-electron chi connectivity index (χ4n) is 4.78. The monoisotopic (exact) mass is 348 g/mol. The Hall–Kier alpha value is -2.26.